The predicted octanol–water partition coefficient (Wildman–Crippen LogP) is 3.84. The van der Waals surface area contributed by atoms with E-state index in [1.54, 1.807) is 6.26 Å². The number of likely N-dealkylation sites (tertiary alicyclic amines) is 1. The molecule has 2 fully saturated rings. The minimum atomic E-state index is 0.461. The summed E-state index contributed by atoms with van der Waals surface area (Å²) >= 11 is 0. The number of guanidine groups is 1. The maximum Gasteiger partial charge on any atom is 0.191 e. The first-order chi connectivity index (χ1) is 15.8. The summed E-state index contributed by atoms with van der Waals surface area (Å²) in [6, 6.07) is 15.2. The van der Waals surface area contributed by atoms with Gasteiger partial charge in [0.1, 0.15) is 5.76 Å². The van der Waals surface area contributed by atoms with Gasteiger partial charge >= 0.3 is 0 Å². The highest BCUT2D eigenvalue weighted by Crippen LogP contribution is 2.28. The smallest absolute Gasteiger partial charge is 0.191 e. The highest BCUT2D eigenvalue weighted by molar-refractivity contribution is 5.80. The molecule has 2 N–H and O–H groups in total. The lowest BCUT2D eigenvalue weighted by molar-refractivity contribution is 0.123. The molecule has 1 aromatic carbocycles. The van der Waals surface area contributed by atoms with Crippen molar-refractivity contribution in [3.8, 4) is 0 Å². The van der Waals surface area contributed by atoms with Crippen molar-refractivity contribution in [2.75, 3.05) is 39.4 Å². The number of aliphatic imine (C=N–C) groups is 1. The third-order valence-electron chi connectivity index (χ3n) is 6.19. The molecule has 6 nitrogen and oxygen atoms in total. The maximum absolute atomic E-state index is 5.75. The molecule has 0 spiro atoms. The van der Waals surface area contributed by atoms with Crippen LogP contribution in [0.15, 0.2) is 58.1 Å². The minimum Gasteiger partial charge on any atom is -0.469 e. The van der Waals surface area contributed by atoms with Gasteiger partial charge in [0.25, 0.3) is 0 Å². The molecule has 2 heterocycles. The molecule has 0 radical (unpaired) electrons. The Bertz CT molecular complexity index is 781. The normalized spacial score (nSPS) is 18.1. The molecule has 2 aromatic rings. The second kappa shape index (κ2) is 12.7. The fraction of sp³-hybridized carbons (Fsp3) is 0.577. The molecule has 1 saturated carbocycles. The van der Waals surface area contributed by atoms with Crippen LogP contribution in [0.2, 0.25) is 0 Å². The van der Waals surface area contributed by atoms with Gasteiger partial charge in [0.2, 0.25) is 0 Å². The van der Waals surface area contributed by atoms with E-state index in [0.717, 1.165) is 89.3 Å². The van der Waals surface area contributed by atoms with Crippen LogP contribution in [0.4, 0.5) is 0 Å². The molecule has 0 bridgehead atoms. The number of nitrogens with zero attached hydrogens (tertiary/aromatic N) is 2. The first-order valence-corrected chi connectivity index (χ1v) is 12.3. The highest BCUT2D eigenvalue weighted by atomic mass is 16.5. The molecule has 4 rings (SSSR count). The van der Waals surface area contributed by atoms with Crippen molar-refractivity contribution in [3.05, 3.63) is 60.1 Å². The first-order valence-electron chi connectivity index (χ1n) is 12.3. The number of nitrogens with one attached hydrogen (secondary N) is 2. The maximum atomic E-state index is 5.75. The van der Waals surface area contributed by atoms with Crippen LogP contribution in [0, 0.1) is 5.92 Å². The zero-order valence-corrected chi connectivity index (χ0v) is 19.2. The topological polar surface area (TPSA) is 62.0 Å². The van der Waals surface area contributed by atoms with Gasteiger partial charge in [-0.15, -0.1) is 0 Å². The van der Waals surface area contributed by atoms with Crippen LogP contribution in [-0.4, -0.2) is 56.3 Å². The summed E-state index contributed by atoms with van der Waals surface area (Å²) < 4.78 is 11.2. The van der Waals surface area contributed by atoms with Crippen LogP contribution in [0.5, 0.6) is 0 Å². The molecular formula is C26H38N4O2. The lowest BCUT2D eigenvalue weighted by Crippen LogP contribution is -2.49. The molecule has 174 valence electrons. The highest BCUT2D eigenvalue weighted by Gasteiger charge is 2.21. The SMILES string of the molecule is c1ccc(CN2CCC(NC(=NCCCOCC3CC3)NCCc3ccco3)CC2)cc1. The van der Waals surface area contributed by atoms with E-state index in [1.165, 1.54) is 18.4 Å². The second-order valence-electron chi connectivity index (χ2n) is 9.04. The lowest BCUT2D eigenvalue weighted by Gasteiger charge is -2.33. The number of rotatable bonds is 12. The predicted molar refractivity (Wildman–Crippen MR) is 129 cm³/mol. The lowest BCUT2D eigenvalue weighted by atomic mass is 10.0. The Balaban J connectivity index is 1.19. The van der Waals surface area contributed by atoms with Crippen molar-refractivity contribution in [2.24, 2.45) is 10.9 Å². The summed E-state index contributed by atoms with van der Waals surface area (Å²) in [5, 5.41) is 7.18. The van der Waals surface area contributed by atoms with Crippen LogP contribution in [0.25, 0.3) is 0 Å². The number of benzene rings is 1. The van der Waals surface area contributed by atoms with E-state index in [-0.39, 0.29) is 0 Å². The molecule has 0 amide bonds. The van der Waals surface area contributed by atoms with Gasteiger partial charge in [-0.25, -0.2) is 0 Å². The van der Waals surface area contributed by atoms with Gasteiger partial charge in [0.05, 0.1) is 6.26 Å². The van der Waals surface area contributed by atoms with Crippen molar-refractivity contribution >= 4 is 5.96 Å². The van der Waals surface area contributed by atoms with E-state index in [1.807, 2.05) is 12.1 Å². The molecule has 32 heavy (non-hydrogen) atoms. The van der Waals surface area contributed by atoms with E-state index < -0.39 is 0 Å². The quantitative estimate of drug-likeness (QED) is 0.300. The zero-order chi connectivity index (χ0) is 21.8. The molecule has 1 saturated heterocycles. The molecule has 0 unspecified atom stereocenters. The Hall–Kier alpha value is -2.31. The van der Waals surface area contributed by atoms with Gasteiger partial charge in [-0.3, -0.25) is 9.89 Å². The first kappa shape index (κ1) is 22.9. The number of piperidine rings is 1. The Morgan fingerprint density at radius 1 is 1.06 bits per heavy atom. The van der Waals surface area contributed by atoms with Crippen LogP contribution in [0.1, 0.15) is 43.4 Å². The van der Waals surface area contributed by atoms with Gasteiger partial charge in [0, 0.05) is 58.4 Å². The summed E-state index contributed by atoms with van der Waals surface area (Å²) in [7, 11) is 0. The molecule has 0 atom stereocenters. The van der Waals surface area contributed by atoms with Crippen LogP contribution in [0.3, 0.4) is 0 Å². The monoisotopic (exact) mass is 438 g/mol. The Morgan fingerprint density at radius 2 is 1.91 bits per heavy atom. The summed E-state index contributed by atoms with van der Waals surface area (Å²) in [5.74, 6) is 2.74. The van der Waals surface area contributed by atoms with E-state index in [9.17, 15) is 0 Å². The molecule has 6 heteroatoms. The average Bonchev–Trinajstić information content (AvgIpc) is 3.50. The molecule has 1 aromatic heterocycles. The van der Waals surface area contributed by atoms with Crippen molar-refractivity contribution in [1.82, 2.24) is 15.5 Å². The van der Waals surface area contributed by atoms with Gasteiger partial charge in [-0.05, 0) is 55.7 Å². The summed E-state index contributed by atoms with van der Waals surface area (Å²) in [6.07, 6.45) is 8.51. The van der Waals surface area contributed by atoms with Crippen molar-refractivity contribution in [2.45, 2.75) is 51.1 Å². The summed E-state index contributed by atoms with van der Waals surface area (Å²) in [4.78, 5) is 7.37. The largest absolute Gasteiger partial charge is 0.469 e. The van der Waals surface area contributed by atoms with Crippen LogP contribution < -0.4 is 10.6 Å². The van der Waals surface area contributed by atoms with Gasteiger partial charge in [-0.2, -0.15) is 0 Å². The Kier molecular flexibility index (Phi) is 9.04. The number of ether oxygens (including phenoxy) is 1. The van der Waals surface area contributed by atoms with Crippen molar-refractivity contribution < 1.29 is 9.15 Å². The number of hydrogen-bond acceptors (Lipinski definition) is 4. The average molecular weight is 439 g/mol. The van der Waals surface area contributed by atoms with Crippen molar-refractivity contribution in [1.29, 1.82) is 0 Å². The van der Waals surface area contributed by atoms with E-state index in [2.05, 4.69) is 45.9 Å². The molecule has 1 aliphatic carbocycles. The molecular weight excluding hydrogens is 400 g/mol. The van der Waals surface area contributed by atoms with E-state index >= 15 is 0 Å². The molecule has 2 aliphatic rings. The second-order valence-corrected chi connectivity index (χ2v) is 9.04. The zero-order valence-electron chi connectivity index (χ0n) is 19.2. The van der Waals surface area contributed by atoms with E-state index in [0.29, 0.717) is 6.04 Å². The Labute approximate surface area is 192 Å². The summed E-state index contributed by atoms with van der Waals surface area (Å²) in [5.41, 5.74) is 1.39. The number of furan rings is 1. The Morgan fingerprint density at radius 3 is 2.66 bits per heavy atom. The standard InChI is InChI=1S/C26H38N4O2/c1-2-6-22(7-3-1)20-30-16-12-24(13-17-30)29-26(28-15-11-25-8-4-19-32-25)27-14-5-18-31-21-23-9-10-23/h1-4,6-8,19,23-24H,5,9-18,20-21H2,(H2,27,28,29). The summed E-state index contributed by atoms with van der Waals surface area (Å²) in [6.45, 7) is 6.59. The third kappa shape index (κ3) is 8.32. The van der Waals surface area contributed by atoms with Crippen molar-refractivity contribution in [3.63, 3.8) is 0 Å². The molecule has 1 aliphatic heterocycles. The fourth-order valence-electron chi connectivity index (χ4n) is 4.07. The van der Waals surface area contributed by atoms with Gasteiger partial charge < -0.3 is 19.8 Å². The van der Waals surface area contributed by atoms with Gasteiger partial charge in [-0.1, -0.05) is 30.3 Å². The van der Waals surface area contributed by atoms with Gasteiger partial charge in [0.15, 0.2) is 5.96 Å². The minimum absolute atomic E-state index is 0.461. The van der Waals surface area contributed by atoms with Crippen LogP contribution >= 0.6 is 0 Å². The third-order valence-corrected chi connectivity index (χ3v) is 6.19. The number of hydrogen-bond donors (Lipinski definition) is 2. The van der Waals surface area contributed by atoms with E-state index in [4.69, 9.17) is 14.1 Å². The fourth-order valence-corrected chi connectivity index (χ4v) is 4.07. The van der Waals surface area contributed by atoms with Crippen LogP contribution in [-0.2, 0) is 17.7 Å².